The summed E-state index contributed by atoms with van der Waals surface area (Å²) in [6, 6.07) is 17.7. The van der Waals surface area contributed by atoms with Crippen LogP contribution in [0.5, 0.6) is 0 Å². The van der Waals surface area contributed by atoms with Crippen LogP contribution < -0.4 is 0 Å². The van der Waals surface area contributed by atoms with E-state index in [1.165, 1.54) is 0 Å². The van der Waals surface area contributed by atoms with Gasteiger partial charge in [-0.2, -0.15) is 5.26 Å². The van der Waals surface area contributed by atoms with Crippen LogP contribution in [0.2, 0.25) is 0 Å². The van der Waals surface area contributed by atoms with Crippen LogP contribution in [-0.4, -0.2) is 0 Å². The monoisotopic (exact) mass is 418 g/mol. The lowest BCUT2D eigenvalue weighted by atomic mass is 9.96. The van der Waals surface area contributed by atoms with E-state index in [4.69, 9.17) is 11.8 Å². The van der Waals surface area contributed by atoms with Crippen LogP contribution in [-0.2, 0) is 12.0 Å². The Bertz CT molecular complexity index is 710. The van der Waals surface area contributed by atoms with Crippen molar-refractivity contribution < 1.29 is 0 Å². The fraction of sp³-hybridized carbons (Fsp3) is 0.222. The van der Waals surface area contributed by atoms with Crippen molar-refractivity contribution in [3.8, 4) is 6.07 Å². The molecule has 4 heteroatoms. The lowest BCUT2D eigenvalue weighted by Crippen LogP contribution is -2.10. The highest BCUT2D eigenvalue weighted by atomic mass is 79.9. The van der Waals surface area contributed by atoms with Crippen molar-refractivity contribution in [1.29, 1.82) is 5.26 Å². The second-order valence-electron chi connectivity index (χ2n) is 5.15. The van der Waals surface area contributed by atoms with E-state index in [0.29, 0.717) is 6.42 Å². The highest BCUT2D eigenvalue weighted by Gasteiger charge is 2.25. The molecule has 0 fully saturated rings. The molecule has 0 aliphatic heterocycles. The largest absolute Gasteiger partial charge is 0.306 e. The molecule has 0 atom stereocenters. The van der Waals surface area contributed by atoms with E-state index in [1.807, 2.05) is 62.4 Å². The first-order valence-corrected chi connectivity index (χ1v) is 8.23. The van der Waals surface area contributed by atoms with Gasteiger partial charge in [0.15, 0.2) is 0 Å². The van der Waals surface area contributed by atoms with Crippen molar-refractivity contribution in [2.45, 2.75) is 25.8 Å². The van der Waals surface area contributed by atoms with Crippen LogP contribution in [0.15, 0.2) is 57.5 Å². The number of halogens is 2. The highest BCUT2D eigenvalue weighted by molar-refractivity contribution is 9.10. The Morgan fingerprint density at radius 3 is 2.18 bits per heavy atom. The molecule has 0 spiro atoms. The van der Waals surface area contributed by atoms with Gasteiger partial charge in [-0.3, -0.25) is 0 Å². The van der Waals surface area contributed by atoms with Crippen molar-refractivity contribution in [3.63, 3.8) is 0 Å². The molecule has 2 rings (SSSR count). The van der Waals surface area contributed by atoms with Crippen LogP contribution >= 0.6 is 31.9 Å². The third-order valence-electron chi connectivity index (χ3n) is 2.98. The topological polar surface area (TPSA) is 28.1 Å². The molecule has 0 aromatic heterocycles. The van der Waals surface area contributed by atoms with Gasteiger partial charge < -0.3 is 4.85 Å². The molecule has 0 saturated carbocycles. The van der Waals surface area contributed by atoms with Gasteiger partial charge in [0.05, 0.1) is 12.5 Å². The smallest absolute Gasteiger partial charge is 0.252 e. The molecule has 0 unspecified atom stereocenters. The summed E-state index contributed by atoms with van der Waals surface area (Å²) < 4.78 is 2.05. The van der Waals surface area contributed by atoms with Crippen LogP contribution in [0, 0.1) is 17.9 Å². The fourth-order valence-corrected chi connectivity index (χ4v) is 2.52. The maximum atomic E-state index is 8.35. The Labute approximate surface area is 148 Å². The van der Waals surface area contributed by atoms with E-state index in [2.05, 4.69) is 42.8 Å². The quantitative estimate of drug-likeness (QED) is 0.539. The number of benzene rings is 2. The van der Waals surface area contributed by atoms with E-state index in [0.717, 1.165) is 20.1 Å². The zero-order valence-corrected chi connectivity index (χ0v) is 15.6. The summed E-state index contributed by atoms with van der Waals surface area (Å²) in [5.41, 5.74) is 1.69. The van der Waals surface area contributed by atoms with E-state index < -0.39 is 5.54 Å². The number of nitriles is 1. The van der Waals surface area contributed by atoms with Crippen molar-refractivity contribution in [3.05, 3.63) is 80.0 Å². The molecule has 0 aliphatic rings. The fourth-order valence-electron chi connectivity index (χ4n) is 1.67. The summed E-state index contributed by atoms with van der Waals surface area (Å²) >= 11 is 6.70. The molecular weight excluding hydrogens is 404 g/mol. The van der Waals surface area contributed by atoms with E-state index in [1.54, 1.807) is 0 Å². The van der Waals surface area contributed by atoms with Gasteiger partial charge in [-0.25, -0.2) is 6.57 Å². The Morgan fingerprint density at radius 1 is 1.09 bits per heavy atom. The van der Waals surface area contributed by atoms with Gasteiger partial charge >= 0.3 is 0 Å². The second-order valence-corrected chi connectivity index (χ2v) is 6.98. The zero-order chi connectivity index (χ0) is 16.6. The third-order valence-corrected chi connectivity index (χ3v) is 3.97. The van der Waals surface area contributed by atoms with Crippen molar-refractivity contribution in [2.75, 3.05) is 0 Å². The van der Waals surface area contributed by atoms with Crippen LogP contribution in [0.1, 0.15) is 25.0 Å². The Balaban J connectivity index is 0.000000224. The standard InChI is InChI=1S/C10H10BrN.C8H6BrN/c1-10(2,12-3)8-5-4-6-9(11)7-8;9-8-3-1-2-7(6-8)4-5-10/h4-7H,1-2H3;1-3,6H,4H2. The van der Waals surface area contributed by atoms with E-state index in [9.17, 15) is 0 Å². The molecule has 0 saturated heterocycles. The maximum Gasteiger partial charge on any atom is 0.252 e. The minimum Gasteiger partial charge on any atom is -0.306 e. The second kappa shape index (κ2) is 8.73. The minimum atomic E-state index is -0.413. The predicted molar refractivity (Wildman–Crippen MR) is 97.2 cm³/mol. The summed E-state index contributed by atoms with van der Waals surface area (Å²) in [4.78, 5) is 3.56. The zero-order valence-electron chi connectivity index (χ0n) is 12.5. The van der Waals surface area contributed by atoms with Crippen molar-refractivity contribution in [1.82, 2.24) is 0 Å². The first-order chi connectivity index (χ1) is 10.4. The summed E-state index contributed by atoms with van der Waals surface area (Å²) in [6.45, 7) is 10.9. The molecule has 0 radical (unpaired) electrons. The first-order valence-electron chi connectivity index (χ1n) is 6.65. The summed E-state index contributed by atoms with van der Waals surface area (Å²) in [6.07, 6.45) is 0.486. The number of nitrogens with zero attached hydrogens (tertiary/aromatic N) is 2. The lowest BCUT2D eigenvalue weighted by molar-refractivity contribution is 0.663. The normalized spacial score (nSPS) is 9.91. The number of hydrogen-bond donors (Lipinski definition) is 0. The third kappa shape index (κ3) is 6.02. The molecule has 2 aromatic rings. The van der Waals surface area contributed by atoms with E-state index >= 15 is 0 Å². The molecule has 0 amide bonds. The molecule has 0 bridgehead atoms. The minimum absolute atomic E-state index is 0.413. The Kier molecular flexibility index (Phi) is 7.32. The predicted octanol–water partition coefficient (Wildman–Crippen LogP) is 6.12. The van der Waals surface area contributed by atoms with Crippen LogP contribution in [0.3, 0.4) is 0 Å². The van der Waals surface area contributed by atoms with Gasteiger partial charge in [-0.05, 0) is 29.8 Å². The van der Waals surface area contributed by atoms with Crippen molar-refractivity contribution in [2.24, 2.45) is 0 Å². The molecule has 22 heavy (non-hydrogen) atoms. The van der Waals surface area contributed by atoms with Gasteiger partial charge in [0.1, 0.15) is 0 Å². The molecule has 112 valence electrons. The molecule has 2 nitrogen and oxygen atoms in total. The lowest BCUT2D eigenvalue weighted by Gasteiger charge is -2.10. The Hall–Kier alpha value is -1.62. The van der Waals surface area contributed by atoms with E-state index in [-0.39, 0.29) is 0 Å². The van der Waals surface area contributed by atoms with Crippen molar-refractivity contribution >= 4 is 31.9 Å². The van der Waals surface area contributed by atoms with Crippen LogP contribution in [0.25, 0.3) is 4.85 Å². The van der Waals surface area contributed by atoms with Gasteiger partial charge in [0.2, 0.25) is 0 Å². The first kappa shape index (κ1) is 18.4. The average molecular weight is 420 g/mol. The number of hydrogen-bond acceptors (Lipinski definition) is 1. The molecule has 0 aliphatic carbocycles. The highest BCUT2D eigenvalue weighted by Crippen LogP contribution is 2.26. The van der Waals surface area contributed by atoms with Crippen LogP contribution in [0.4, 0.5) is 0 Å². The summed E-state index contributed by atoms with van der Waals surface area (Å²) in [5.74, 6) is 0. The van der Waals surface area contributed by atoms with Gasteiger partial charge in [0.25, 0.3) is 5.54 Å². The SMILES string of the molecule is N#CCc1cccc(Br)c1.[C-]#[N+]C(C)(C)c1cccc(Br)c1. The number of rotatable bonds is 2. The van der Waals surface area contributed by atoms with Gasteiger partial charge in [-0.1, -0.05) is 56.1 Å². The summed E-state index contributed by atoms with van der Waals surface area (Å²) in [7, 11) is 0. The maximum absolute atomic E-state index is 8.35. The molecule has 0 N–H and O–H groups in total. The molecule has 0 heterocycles. The van der Waals surface area contributed by atoms with Gasteiger partial charge in [0, 0.05) is 28.4 Å². The Morgan fingerprint density at radius 2 is 1.68 bits per heavy atom. The summed E-state index contributed by atoms with van der Waals surface area (Å²) in [5, 5.41) is 8.35. The molecular formula is C18H16Br2N2. The average Bonchev–Trinajstić information content (AvgIpc) is 2.48. The molecule has 2 aromatic carbocycles. The van der Waals surface area contributed by atoms with Gasteiger partial charge in [-0.15, -0.1) is 0 Å².